The molecule has 0 aromatic carbocycles. The first-order valence-electron chi connectivity index (χ1n) is 7.56. The molecule has 1 aliphatic carbocycles. The monoisotopic (exact) mass is 270 g/mol. The lowest BCUT2D eigenvalue weighted by atomic mass is 9.75. The average molecular weight is 270 g/mol. The predicted molar refractivity (Wildman–Crippen MR) is 77.9 cm³/mol. The number of rotatable bonds is 8. The Hall–Kier alpha value is -0.610. The van der Waals surface area contributed by atoms with Crippen molar-refractivity contribution in [2.24, 2.45) is 5.73 Å². The lowest BCUT2D eigenvalue weighted by molar-refractivity contribution is -0.126. The van der Waals surface area contributed by atoms with Gasteiger partial charge in [-0.1, -0.05) is 13.8 Å². The van der Waals surface area contributed by atoms with Crippen molar-refractivity contribution < 1.29 is 9.53 Å². The van der Waals surface area contributed by atoms with Gasteiger partial charge in [-0.25, -0.2) is 0 Å². The second kappa shape index (κ2) is 6.71. The average Bonchev–Trinajstić information content (AvgIpc) is 2.32. The molecule has 4 heteroatoms. The lowest BCUT2D eigenvalue weighted by Gasteiger charge is -2.39. The molecule has 4 nitrogen and oxygen atoms in total. The second-order valence-corrected chi connectivity index (χ2v) is 6.29. The van der Waals surface area contributed by atoms with Gasteiger partial charge in [0.15, 0.2) is 0 Å². The third-order valence-corrected chi connectivity index (χ3v) is 4.31. The van der Waals surface area contributed by atoms with Crippen LogP contribution in [0.15, 0.2) is 0 Å². The van der Waals surface area contributed by atoms with Crippen LogP contribution in [0, 0.1) is 0 Å². The van der Waals surface area contributed by atoms with E-state index in [2.05, 4.69) is 19.2 Å². The van der Waals surface area contributed by atoms with E-state index in [-0.39, 0.29) is 23.1 Å². The van der Waals surface area contributed by atoms with Gasteiger partial charge in [0.25, 0.3) is 0 Å². The second-order valence-electron chi connectivity index (χ2n) is 6.29. The number of hydrogen-bond acceptors (Lipinski definition) is 3. The number of carbonyl (C=O) groups excluding carboxylic acids is 1. The fourth-order valence-electron chi connectivity index (χ4n) is 2.46. The molecule has 1 fully saturated rings. The highest BCUT2D eigenvalue weighted by Gasteiger charge is 2.37. The van der Waals surface area contributed by atoms with Gasteiger partial charge in [0.05, 0.1) is 18.2 Å². The molecule has 1 amide bonds. The number of nitrogens with one attached hydrogen (secondary N) is 1. The van der Waals surface area contributed by atoms with Crippen molar-refractivity contribution in [1.29, 1.82) is 0 Å². The first-order chi connectivity index (χ1) is 8.85. The fourth-order valence-corrected chi connectivity index (χ4v) is 2.46. The van der Waals surface area contributed by atoms with Crippen LogP contribution in [0.5, 0.6) is 0 Å². The van der Waals surface area contributed by atoms with Crippen molar-refractivity contribution in [3.05, 3.63) is 0 Å². The molecule has 0 bridgehead atoms. The van der Waals surface area contributed by atoms with Crippen LogP contribution in [0.3, 0.4) is 0 Å². The molecule has 1 aliphatic rings. The van der Waals surface area contributed by atoms with Gasteiger partial charge in [-0.3, -0.25) is 4.79 Å². The number of ether oxygens (including phenoxy) is 1. The number of amides is 1. The standard InChI is InChI=1S/C15H30N2O2/c1-5-15(6-2,11-19-12(3)4)17-13(18)10-14(16)8-7-9-14/h12H,5-11,16H2,1-4H3,(H,17,18). The first kappa shape index (κ1) is 16.4. The van der Waals surface area contributed by atoms with E-state index in [9.17, 15) is 4.79 Å². The molecule has 112 valence electrons. The smallest absolute Gasteiger partial charge is 0.222 e. The first-order valence-corrected chi connectivity index (χ1v) is 7.56. The summed E-state index contributed by atoms with van der Waals surface area (Å²) in [6.45, 7) is 8.79. The highest BCUT2D eigenvalue weighted by atomic mass is 16.5. The van der Waals surface area contributed by atoms with Crippen LogP contribution in [-0.4, -0.2) is 29.7 Å². The molecule has 0 radical (unpaired) electrons. The topological polar surface area (TPSA) is 64.3 Å². The minimum atomic E-state index is -0.254. The summed E-state index contributed by atoms with van der Waals surface area (Å²) in [6.07, 6.45) is 5.45. The number of carbonyl (C=O) groups is 1. The van der Waals surface area contributed by atoms with Gasteiger partial charge in [0.1, 0.15) is 0 Å². The molecule has 1 rings (SSSR count). The maximum Gasteiger partial charge on any atom is 0.222 e. The zero-order chi connectivity index (χ0) is 14.5. The lowest BCUT2D eigenvalue weighted by Crippen LogP contribution is -2.56. The van der Waals surface area contributed by atoms with Crippen molar-refractivity contribution in [3.8, 4) is 0 Å². The summed E-state index contributed by atoms with van der Waals surface area (Å²) < 4.78 is 5.71. The van der Waals surface area contributed by atoms with Crippen molar-refractivity contribution in [2.45, 2.75) is 83.4 Å². The Balaban J connectivity index is 2.53. The SMILES string of the molecule is CCC(CC)(COC(C)C)NC(=O)CC1(N)CCC1. The summed E-state index contributed by atoms with van der Waals surface area (Å²) in [4.78, 5) is 12.2. The van der Waals surface area contributed by atoms with Crippen molar-refractivity contribution >= 4 is 5.91 Å². The zero-order valence-electron chi connectivity index (χ0n) is 12.9. The molecule has 0 atom stereocenters. The van der Waals surface area contributed by atoms with E-state index in [1.807, 2.05) is 13.8 Å². The van der Waals surface area contributed by atoms with Gasteiger partial charge in [0, 0.05) is 12.0 Å². The molecular formula is C15H30N2O2. The van der Waals surface area contributed by atoms with Gasteiger partial charge in [0.2, 0.25) is 5.91 Å². The number of hydrogen-bond donors (Lipinski definition) is 2. The molecule has 0 spiro atoms. The fraction of sp³-hybridized carbons (Fsp3) is 0.933. The van der Waals surface area contributed by atoms with E-state index in [1.54, 1.807) is 0 Å². The van der Waals surface area contributed by atoms with Crippen molar-refractivity contribution in [2.75, 3.05) is 6.61 Å². The third-order valence-electron chi connectivity index (χ3n) is 4.31. The van der Waals surface area contributed by atoms with Gasteiger partial charge < -0.3 is 15.8 Å². The van der Waals surface area contributed by atoms with E-state index in [0.717, 1.165) is 32.1 Å². The molecular weight excluding hydrogens is 240 g/mol. The van der Waals surface area contributed by atoms with Gasteiger partial charge in [-0.15, -0.1) is 0 Å². The van der Waals surface area contributed by atoms with Crippen LogP contribution >= 0.6 is 0 Å². The van der Waals surface area contributed by atoms with Crippen LogP contribution in [0.2, 0.25) is 0 Å². The Morgan fingerprint density at radius 1 is 1.37 bits per heavy atom. The van der Waals surface area contributed by atoms with Crippen molar-refractivity contribution in [1.82, 2.24) is 5.32 Å². The molecule has 1 saturated carbocycles. The molecule has 0 aromatic rings. The summed E-state index contributed by atoms with van der Waals surface area (Å²) in [5.41, 5.74) is 5.63. The molecule has 0 aromatic heterocycles. The molecule has 19 heavy (non-hydrogen) atoms. The van der Waals surface area contributed by atoms with E-state index < -0.39 is 0 Å². The molecule has 0 unspecified atom stereocenters. The summed E-state index contributed by atoms with van der Waals surface area (Å²) in [7, 11) is 0. The van der Waals surface area contributed by atoms with Crippen LogP contribution in [-0.2, 0) is 9.53 Å². The molecule has 0 saturated heterocycles. The summed E-state index contributed by atoms with van der Waals surface area (Å²) in [6, 6.07) is 0. The summed E-state index contributed by atoms with van der Waals surface area (Å²) in [5, 5.41) is 3.17. The minimum absolute atomic E-state index is 0.0678. The van der Waals surface area contributed by atoms with E-state index in [0.29, 0.717) is 13.0 Å². The van der Waals surface area contributed by atoms with E-state index in [4.69, 9.17) is 10.5 Å². The molecule has 0 heterocycles. The Morgan fingerprint density at radius 2 is 1.95 bits per heavy atom. The predicted octanol–water partition coefficient (Wildman–Crippen LogP) is 2.36. The van der Waals surface area contributed by atoms with Gasteiger partial charge in [-0.2, -0.15) is 0 Å². The zero-order valence-corrected chi connectivity index (χ0v) is 12.9. The Morgan fingerprint density at radius 3 is 2.32 bits per heavy atom. The number of nitrogens with two attached hydrogens (primary N) is 1. The molecule has 0 aliphatic heterocycles. The van der Waals surface area contributed by atoms with Crippen molar-refractivity contribution in [3.63, 3.8) is 0 Å². The highest BCUT2D eigenvalue weighted by molar-refractivity contribution is 5.78. The highest BCUT2D eigenvalue weighted by Crippen LogP contribution is 2.32. The van der Waals surface area contributed by atoms with Crippen LogP contribution in [0.1, 0.15) is 66.2 Å². The normalized spacial score (nSPS) is 18.2. The van der Waals surface area contributed by atoms with Crippen LogP contribution in [0.25, 0.3) is 0 Å². The Labute approximate surface area is 117 Å². The maximum absolute atomic E-state index is 12.2. The van der Waals surface area contributed by atoms with Gasteiger partial charge >= 0.3 is 0 Å². The van der Waals surface area contributed by atoms with Crippen LogP contribution < -0.4 is 11.1 Å². The minimum Gasteiger partial charge on any atom is -0.376 e. The summed E-state index contributed by atoms with van der Waals surface area (Å²) in [5.74, 6) is 0.0678. The largest absolute Gasteiger partial charge is 0.376 e. The quantitative estimate of drug-likeness (QED) is 0.711. The Kier molecular flexibility index (Phi) is 5.81. The Bertz CT molecular complexity index is 295. The van der Waals surface area contributed by atoms with Crippen LogP contribution in [0.4, 0.5) is 0 Å². The maximum atomic E-state index is 12.2. The molecule has 3 N–H and O–H groups in total. The van der Waals surface area contributed by atoms with E-state index in [1.165, 1.54) is 0 Å². The summed E-state index contributed by atoms with van der Waals surface area (Å²) >= 11 is 0. The third kappa shape index (κ3) is 4.77. The van der Waals surface area contributed by atoms with Gasteiger partial charge in [-0.05, 0) is 46.0 Å². The van der Waals surface area contributed by atoms with E-state index >= 15 is 0 Å².